The van der Waals surface area contributed by atoms with Gasteiger partial charge in [-0.05, 0) is 42.0 Å². The van der Waals surface area contributed by atoms with Crippen LogP contribution in [0.2, 0.25) is 0 Å². The van der Waals surface area contributed by atoms with Crippen LogP contribution in [0.25, 0.3) is 0 Å². The number of ether oxygens (including phenoxy) is 1. The minimum atomic E-state index is -4.71. The second kappa shape index (κ2) is 10.8. The molecule has 0 spiro atoms. The van der Waals surface area contributed by atoms with E-state index in [1.807, 2.05) is 12.1 Å². The first kappa shape index (κ1) is 28.3. The van der Waals surface area contributed by atoms with Crippen molar-refractivity contribution in [2.75, 3.05) is 31.0 Å². The summed E-state index contributed by atoms with van der Waals surface area (Å²) in [5.74, 6) is -0.518. The minimum absolute atomic E-state index is 0.0733. The normalized spacial score (nSPS) is 17.1. The third-order valence-electron chi connectivity index (χ3n) is 6.61. The van der Waals surface area contributed by atoms with E-state index < -0.39 is 33.7 Å². The Morgan fingerprint density at radius 1 is 1.21 bits per heavy atom. The molecule has 1 aromatic heterocycles. The van der Waals surface area contributed by atoms with Crippen LogP contribution in [0.3, 0.4) is 0 Å². The van der Waals surface area contributed by atoms with Crippen molar-refractivity contribution in [3.63, 3.8) is 0 Å². The molecule has 39 heavy (non-hydrogen) atoms. The summed E-state index contributed by atoms with van der Waals surface area (Å²) in [6.45, 7) is 1.35. The highest BCUT2D eigenvalue weighted by atomic mass is 32.2. The predicted molar refractivity (Wildman–Crippen MR) is 140 cm³/mol. The van der Waals surface area contributed by atoms with Gasteiger partial charge in [0.25, 0.3) is 0 Å². The van der Waals surface area contributed by atoms with Gasteiger partial charge in [0.15, 0.2) is 0 Å². The summed E-state index contributed by atoms with van der Waals surface area (Å²) in [4.78, 5) is 19.5. The zero-order chi connectivity index (χ0) is 28.5. The van der Waals surface area contributed by atoms with Crippen LogP contribution in [0.5, 0.6) is 5.75 Å². The Kier molecular flexibility index (Phi) is 7.84. The molecule has 2 N–H and O–H groups in total. The molecule has 1 heterocycles. The van der Waals surface area contributed by atoms with Gasteiger partial charge >= 0.3 is 6.18 Å². The average molecular weight is 564 g/mol. The van der Waals surface area contributed by atoms with Gasteiger partial charge in [0.2, 0.25) is 21.9 Å². The number of nitrogens with one attached hydrogen (secondary N) is 2. The number of sulfonamides is 1. The number of carbonyl (C=O) groups is 1. The summed E-state index contributed by atoms with van der Waals surface area (Å²) in [6, 6.07) is 11.3. The Labute approximate surface area is 224 Å². The van der Waals surface area contributed by atoms with Crippen molar-refractivity contribution in [1.29, 1.82) is 0 Å². The van der Waals surface area contributed by atoms with Crippen molar-refractivity contribution in [2.45, 2.75) is 32.0 Å². The number of alkyl halides is 3. The molecule has 1 aliphatic carbocycles. The number of carbonyl (C=O) groups excluding carboxylic acids is 1. The van der Waals surface area contributed by atoms with Crippen LogP contribution in [-0.2, 0) is 33.8 Å². The van der Waals surface area contributed by atoms with Crippen LogP contribution in [0.1, 0.15) is 35.3 Å². The van der Waals surface area contributed by atoms with Crippen LogP contribution in [0, 0.1) is 5.92 Å². The van der Waals surface area contributed by atoms with E-state index in [1.165, 1.54) is 25.4 Å². The number of hydrogen-bond acceptors (Lipinski definition) is 7. The Bertz CT molecular complexity index is 1500. The second-order valence-electron chi connectivity index (χ2n) is 9.36. The van der Waals surface area contributed by atoms with Gasteiger partial charge in [0, 0.05) is 31.9 Å². The van der Waals surface area contributed by atoms with Gasteiger partial charge in [-0.15, -0.1) is 0 Å². The molecule has 0 unspecified atom stereocenters. The lowest BCUT2D eigenvalue weighted by Gasteiger charge is -2.29. The molecule has 1 amide bonds. The van der Waals surface area contributed by atoms with Gasteiger partial charge in [-0.1, -0.05) is 24.3 Å². The molecule has 2 atom stereocenters. The molecule has 0 saturated carbocycles. The van der Waals surface area contributed by atoms with Gasteiger partial charge in [0.1, 0.15) is 5.75 Å². The minimum Gasteiger partial charge on any atom is -0.494 e. The number of methoxy groups -OCH3 is 1. The number of anilines is 3. The summed E-state index contributed by atoms with van der Waals surface area (Å²) < 4.78 is 73.3. The van der Waals surface area contributed by atoms with E-state index in [1.54, 1.807) is 30.3 Å². The zero-order valence-electron chi connectivity index (χ0n) is 21.7. The maximum absolute atomic E-state index is 14.0. The van der Waals surface area contributed by atoms with E-state index in [0.29, 0.717) is 23.5 Å². The van der Waals surface area contributed by atoms with E-state index in [9.17, 15) is 26.4 Å². The molecular weight excluding hydrogens is 535 g/mol. The van der Waals surface area contributed by atoms with Crippen molar-refractivity contribution in [3.8, 4) is 5.75 Å². The molecule has 13 heteroatoms. The first-order valence-electron chi connectivity index (χ1n) is 11.9. The fraction of sp³-hybridized carbons (Fsp3) is 0.346. The second-order valence-corrected chi connectivity index (χ2v) is 11.4. The summed E-state index contributed by atoms with van der Waals surface area (Å²) in [5, 5.41) is 5.52. The fourth-order valence-corrected chi connectivity index (χ4v) is 5.55. The van der Waals surface area contributed by atoms with E-state index in [0.717, 1.165) is 23.6 Å². The van der Waals surface area contributed by atoms with Crippen molar-refractivity contribution >= 4 is 33.3 Å². The van der Waals surface area contributed by atoms with Gasteiger partial charge in [-0.3, -0.25) is 4.79 Å². The highest BCUT2D eigenvalue weighted by Gasteiger charge is 2.41. The molecular formula is C26H28F3N5O4S. The van der Waals surface area contributed by atoms with Gasteiger partial charge in [-0.25, -0.2) is 18.4 Å². The number of halogens is 3. The van der Waals surface area contributed by atoms with E-state index in [2.05, 4.69) is 20.6 Å². The molecule has 0 saturated heterocycles. The predicted octanol–water partition coefficient (Wildman–Crippen LogP) is 4.55. The monoisotopic (exact) mass is 563 g/mol. The third kappa shape index (κ3) is 6.31. The largest absolute Gasteiger partial charge is 0.494 e. The maximum Gasteiger partial charge on any atom is 0.419 e. The van der Waals surface area contributed by atoms with Crippen molar-refractivity contribution in [2.24, 2.45) is 5.92 Å². The highest BCUT2D eigenvalue weighted by molar-refractivity contribution is 7.88. The zero-order valence-corrected chi connectivity index (χ0v) is 22.5. The number of benzene rings is 2. The van der Waals surface area contributed by atoms with Crippen molar-refractivity contribution < 1.29 is 31.1 Å². The Morgan fingerprint density at radius 3 is 2.56 bits per heavy atom. The van der Waals surface area contributed by atoms with Crippen LogP contribution >= 0.6 is 0 Å². The molecule has 1 aliphatic rings. The molecule has 3 aromatic rings. The quantitative estimate of drug-likeness (QED) is 0.413. The molecule has 0 aliphatic heterocycles. The SMILES string of the molecule is COc1cc(Nc2ncc(C(F)(F)F)c(C[C@@H]3Cc4ccccc4[C@H]3N(C)S(C)(=O)=O)n2)ccc1NC(C)=O. The van der Waals surface area contributed by atoms with Crippen LogP contribution in [-0.4, -0.2) is 49.0 Å². The fourth-order valence-electron chi connectivity index (χ4n) is 4.85. The number of amides is 1. The lowest BCUT2D eigenvalue weighted by Crippen LogP contribution is -2.34. The smallest absolute Gasteiger partial charge is 0.419 e. The van der Waals surface area contributed by atoms with Crippen LogP contribution < -0.4 is 15.4 Å². The number of hydrogen-bond donors (Lipinski definition) is 2. The molecule has 4 rings (SSSR count). The Balaban J connectivity index is 1.69. The van der Waals surface area contributed by atoms with Crippen molar-refractivity contribution in [3.05, 3.63) is 71.0 Å². The Morgan fingerprint density at radius 2 is 1.92 bits per heavy atom. The van der Waals surface area contributed by atoms with Gasteiger partial charge < -0.3 is 15.4 Å². The molecule has 0 bridgehead atoms. The van der Waals surface area contributed by atoms with Gasteiger partial charge in [-0.2, -0.15) is 17.5 Å². The Hall–Kier alpha value is -3.71. The van der Waals surface area contributed by atoms with E-state index >= 15 is 0 Å². The highest BCUT2D eigenvalue weighted by Crippen LogP contribution is 2.43. The topological polar surface area (TPSA) is 114 Å². The first-order chi connectivity index (χ1) is 18.3. The molecule has 9 nitrogen and oxygen atoms in total. The third-order valence-corrected chi connectivity index (χ3v) is 7.89. The average Bonchev–Trinajstić information content (AvgIpc) is 3.20. The van der Waals surface area contributed by atoms with Gasteiger partial charge in [0.05, 0.1) is 36.4 Å². The molecule has 0 radical (unpaired) electrons. The molecule has 208 valence electrons. The van der Waals surface area contributed by atoms with E-state index in [4.69, 9.17) is 4.74 Å². The lowest BCUT2D eigenvalue weighted by atomic mass is 9.93. The summed E-state index contributed by atoms with van der Waals surface area (Å²) in [5.41, 5.74) is 1.27. The molecule has 0 fully saturated rings. The number of nitrogens with zero attached hydrogens (tertiary/aromatic N) is 3. The lowest BCUT2D eigenvalue weighted by molar-refractivity contribution is -0.138. The first-order valence-corrected chi connectivity index (χ1v) is 13.8. The summed E-state index contributed by atoms with van der Waals surface area (Å²) >= 11 is 0. The van der Waals surface area contributed by atoms with E-state index in [-0.39, 0.29) is 24.0 Å². The molecule has 2 aromatic carbocycles. The maximum atomic E-state index is 14.0. The van der Waals surface area contributed by atoms with Crippen molar-refractivity contribution in [1.82, 2.24) is 14.3 Å². The van der Waals surface area contributed by atoms with Crippen LogP contribution in [0.15, 0.2) is 48.7 Å². The number of fused-ring (bicyclic) bond motifs is 1. The number of rotatable bonds is 8. The summed E-state index contributed by atoms with van der Waals surface area (Å²) in [7, 11) is -0.779. The summed E-state index contributed by atoms with van der Waals surface area (Å²) in [6.07, 6.45) is -2.64. The van der Waals surface area contributed by atoms with Crippen LogP contribution in [0.4, 0.5) is 30.5 Å². The standard InChI is InChI=1S/C26H28F3N5O4S/c1-15(35)31-21-10-9-18(13-23(21)38-3)32-25-30-14-20(26(27,28)29)22(33-25)12-17-11-16-7-5-6-8-19(16)24(17)34(2)39(4,36)37/h5-10,13-14,17,24H,11-12H2,1-4H3,(H,31,35)(H,30,32,33)/t17-,24-/m0/s1. The number of aromatic nitrogens is 2.